The van der Waals surface area contributed by atoms with E-state index in [-0.39, 0.29) is 6.03 Å². The minimum atomic E-state index is -0.288. The lowest BCUT2D eigenvalue weighted by Gasteiger charge is -2.31. The number of aromatic amines is 1. The highest BCUT2D eigenvalue weighted by molar-refractivity contribution is 6.02. The van der Waals surface area contributed by atoms with Gasteiger partial charge in [-0.05, 0) is 71.9 Å². The molecule has 0 unspecified atom stereocenters. The molecule has 4 rings (SSSR count). The molecule has 0 atom stereocenters. The first-order valence-corrected chi connectivity index (χ1v) is 13.1. The highest BCUT2D eigenvalue weighted by atomic mass is 16.2. The first kappa shape index (κ1) is 26.9. The lowest BCUT2D eigenvalue weighted by molar-refractivity contribution is 0.262. The van der Waals surface area contributed by atoms with E-state index in [0.29, 0.717) is 17.7 Å². The van der Waals surface area contributed by atoms with Gasteiger partial charge in [-0.2, -0.15) is 5.21 Å². The number of anilines is 3. The molecule has 0 saturated heterocycles. The summed E-state index contributed by atoms with van der Waals surface area (Å²) in [7, 11) is 0. The summed E-state index contributed by atoms with van der Waals surface area (Å²) >= 11 is 0. The van der Waals surface area contributed by atoms with Crippen molar-refractivity contribution in [2.24, 2.45) is 11.8 Å². The summed E-state index contributed by atoms with van der Waals surface area (Å²) < 4.78 is 0. The molecular formula is C30H37N7O. The monoisotopic (exact) mass is 511 g/mol. The van der Waals surface area contributed by atoms with Crippen LogP contribution in [0.4, 0.5) is 21.9 Å². The van der Waals surface area contributed by atoms with Gasteiger partial charge in [0, 0.05) is 24.3 Å². The number of amides is 2. The van der Waals surface area contributed by atoms with Crippen LogP contribution in [-0.4, -0.2) is 39.7 Å². The van der Waals surface area contributed by atoms with E-state index in [1.807, 2.05) is 49.4 Å². The van der Waals surface area contributed by atoms with Gasteiger partial charge in [-0.25, -0.2) is 4.79 Å². The molecule has 3 N–H and O–H groups in total. The number of hydrogen-bond donors (Lipinski definition) is 3. The lowest BCUT2D eigenvalue weighted by atomic mass is 9.93. The van der Waals surface area contributed by atoms with Crippen LogP contribution in [0.2, 0.25) is 0 Å². The summed E-state index contributed by atoms with van der Waals surface area (Å²) in [6.45, 7) is 14.7. The van der Waals surface area contributed by atoms with Crippen LogP contribution in [0.1, 0.15) is 38.8 Å². The molecule has 4 aromatic rings. The molecule has 0 bridgehead atoms. The van der Waals surface area contributed by atoms with Crippen LogP contribution in [-0.2, 0) is 0 Å². The molecule has 0 radical (unpaired) electrons. The molecule has 38 heavy (non-hydrogen) atoms. The van der Waals surface area contributed by atoms with Gasteiger partial charge < -0.3 is 15.5 Å². The van der Waals surface area contributed by atoms with Crippen molar-refractivity contribution in [3.8, 4) is 22.5 Å². The Morgan fingerprint density at radius 1 is 0.921 bits per heavy atom. The Hall–Kier alpha value is -4.20. The maximum absolute atomic E-state index is 13.2. The molecule has 8 heteroatoms. The van der Waals surface area contributed by atoms with E-state index in [2.05, 4.69) is 89.0 Å². The number of carbonyl (C=O) groups is 1. The number of aromatic nitrogens is 4. The maximum atomic E-state index is 13.2. The van der Waals surface area contributed by atoms with E-state index in [9.17, 15) is 4.79 Å². The molecular weight excluding hydrogens is 474 g/mol. The molecule has 2 amide bonds. The molecule has 0 fully saturated rings. The van der Waals surface area contributed by atoms with Crippen LogP contribution in [0.3, 0.4) is 0 Å². The summed E-state index contributed by atoms with van der Waals surface area (Å²) in [6.07, 6.45) is 0. The molecule has 1 aromatic heterocycles. The number of benzene rings is 3. The Morgan fingerprint density at radius 2 is 1.63 bits per heavy atom. The first-order chi connectivity index (χ1) is 18.2. The van der Waals surface area contributed by atoms with Gasteiger partial charge >= 0.3 is 6.03 Å². The van der Waals surface area contributed by atoms with E-state index in [1.165, 1.54) is 0 Å². The van der Waals surface area contributed by atoms with Crippen LogP contribution in [0.5, 0.6) is 0 Å². The minimum Gasteiger partial charge on any atom is -0.369 e. The molecule has 0 aliphatic rings. The summed E-state index contributed by atoms with van der Waals surface area (Å²) in [6, 6.07) is 19.8. The zero-order valence-corrected chi connectivity index (χ0v) is 23.0. The molecule has 0 saturated carbocycles. The predicted octanol–water partition coefficient (Wildman–Crippen LogP) is 6.91. The molecule has 0 aliphatic heterocycles. The molecule has 198 valence electrons. The maximum Gasteiger partial charge on any atom is 0.323 e. The Labute approximate surface area is 224 Å². The van der Waals surface area contributed by atoms with Crippen LogP contribution in [0, 0.1) is 25.7 Å². The third-order valence-electron chi connectivity index (χ3n) is 6.21. The van der Waals surface area contributed by atoms with E-state index in [1.54, 1.807) is 0 Å². The van der Waals surface area contributed by atoms with Crippen molar-refractivity contribution in [2.75, 3.05) is 28.6 Å². The Kier molecular flexibility index (Phi) is 8.41. The smallest absolute Gasteiger partial charge is 0.323 e. The van der Waals surface area contributed by atoms with Crippen molar-refractivity contribution in [3.63, 3.8) is 0 Å². The van der Waals surface area contributed by atoms with Crippen LogP contribution >= 0.6 is 0 Å². The lowest BCUT2D eigenvalue weighted by Crippen LogP contribution is -2.32. The van der Waals surface area contributed by atoms with Crippen molar-refractivity contribution in [1.29, 1.82) is 0 Å². The normalized spacial score (nSPS) is 11.2. The van der Waals surface area contributed by atoms with Gasteiger partial charge in [0.2, 0.25) is 5.82 Å². The third-order valence-corrected chi connectivity index (χ3v) is 6.21. The molecule has 1 heterocycles. The third kappa shape index (κ3) is 6.56. The van der Waals surface area contributed by atoms with E-state index in [0.717, 1.165) is 58.0 Å². The molecule has 8 nitrogen and oxygen atoms in total. The van der Waals surface area contributed by atoms with E-state index >= 15 is 0 Å². The zero-order valence-electron chi connectivity index (χ0n) is 23.0. The summed E-state index contributed by atoms with van der Waals surface area (Å²) in [5, 5.41) is 20.8. The number of tetrazole rings is 1. The van der Waals surface area contributed by atoms with E-state index < -0.39 is 0 Å². The van der Waals surface area contributed by atoms with Gasteiger partial charge in [-0.3, -0.25) is 0 Å². The number of urea groups is 1. The van der Waals surface area contributed by atoms with Gasteiger partial charge in [0.1, 0.15) is 0 Å². The van der Waals surface area contributed by atoms with Gasteiger partial charge in [-0.15, -0.1) is 10.2 Å². The summed E-state index contributed by atoms with van der Waals surface area (Å²) in [5.41, 5.74) is 7.54. The number of H-pyrrole nitrogens is 1. The first-order valence-electron chi connectivity index (χ1n) is 13.1. The Morgan fingerprint density at radius 3 is 2.26 bits per heavy atom. The highest BCUT2D eigenvalue weighted by Gasteiger charge is 2.20. The van der Waals surface area contributed by atoms with E-state index in [4.69, 9.17) is 0 Å². The van der Waals surface area contributed by atoms with Crippen LogP contribution in [0.15, 0.2) is 60.7 Å². The predicted molar refractivity (Wildman–Crippen MR) is 155 cm³/mol. The van der Waals surface area contributed by atoms with Crippen molar-refractivity contribution < 1.29 is 4.79 Å². The molecule has 0 aliphatic carbocycles. The van der Waals surface area contributed by atoms with Gasteiger partial charge in [0.15, 0.2) is 0 Å². The van der Waals surface area contributed by atoms with Crippen molar-refractivity contribution in [2.45, 2.75) is 41.5 Å². The topological polar surface area (TPSA) is 98.8 Å². The quantitative estimate of drug-likeness (QED) is 0.227. The van der Waals surface area contributed by atoms with Crippen molar-refractivity contribution >= 4 is 23.1 Å². The van der Waals surface area contributed by atoms with Crippen LogP contribution < -0.4 is 15.5 Å². The van der Waals surface area contributed by atoms with Crippen molar-refractivity contribution in [3.05, 3.63) is 71.8 Å². The van der Waals surface area contributed by atoms with Crippen LogP contribution in [0.25, 0.3) is 22.5 Å². The number of nitrogens with one attached hydrogen (secondary N) is 3. The zero-order chi connectivity index (χ0) is 27.2. The second-order valence-electron chi connectivity index (χ2n) is 10.6. The standard InChI is InChI=1S/C30H37N7O/c1-19(2)17-37(18-20(3)4)27-15-12-23(28-22(6)8-7-9-25(28)29-33-35-36-34-29)16-26(27)32-30(38)31-24-13-10-21(5)11-14-24/h7-16,19-20H,17-18H2,1-6H3,(H2,31,32,38)(H,33,34,35,36). The fourth-order valence-corrected chi connectivity index (χ4v) is 4.65. The molecule has 0 spiro atoms. The number of carbonyl (C=O) groups excluding carboxylic acids is 1. The molecule has 3 aromatic carbocycles. The summed E-state index contributed by atoms with van der Waals surface area (Å²) in [4.78, 5) is 15.5. The number of nitrogens with zero attached hydrogens (tertiary/aromatic N) is 4. The Bertz CT molecular complexity index is 1350. The van der Waals surface area contributed by atoms with Gasteiger partial charge in [-0.1, -0.05) is 69.7 Å². The fraction of sp³-hybridized carbons (Fsp3) is 0.333. The number of aryl methyl sites for hydroxylation is 2. The number of rotatable bonds is 9. The minimum absolute atomic E-state index is 0.288. The average molecular weight is 512 g/mol. The number of hydrogen-bond acceptors (Lipinski definition) is 5. The highest BCUT2D eigenvalue weighted by Crippen LogP contribution is 2.38. The van der Waals surface area contributed by atoms with Crippen molar-refractivity contribution in [1.82, 2.24) is 20.6 Å². The largest absolute Gasteiger partial charge is 0.369 e. The fourth-order valence-electron chi connectivity index (χ4n) is 4.65. The van der Waals surface area contributed by atoms with Gasteiger partial charge in [0.25, 0.3) is 0 Å². The second kappa shape index (κ2) is 11.9. The average Bonchev–Trinajstić information content (AvgIpc) is 3.39. The van der Waals surface area contributed by atoms with Gasteiger partial charge in [0.05, 0.1) is 11.4 Å². The Balaban J connectivity index is 1.78. The SMILES string of the molecule is Cc1ccc(NC(=O)Nc2cc(-c3c(C)cccc3-c3nn[nH]n3)ccc2N(CC(C)C)CC(C)C)cc1. The summed E-state index contributed by atoms with van der Waals surface area (Å²) in [5.74, 6) is 1.45. The second-order valence-corrected chi connectivity index (χ2v) is 10.6.